The average Bonchev–Trinajstić information content (AvgIpc) is 0.592. The van der Waals surface area contributed by atoms with Gasteiger partial charge in [-0.2, -0.15) is 0 Å². The third-order valence-corrected chi connectivity index (χ3v) is 0. The van der Waals surface area contributed by atoms with E-state index < -0.39 is 7.81 Å². The van der Waals surface area contributed by atoms with Crippen LogP contribution in [-0.2, 0) is 0 Å². The van der Waals surface area contributed by atoms with Crippen molar-refractivity contribution in [2.45, 2.75) is 0 Å². The Morgan fingerprint density at radius 1 is 0.778 bits per heavy atom. The van der Waals surface area contributed by atoms with Crippen molar-refractivity contribution in [1.82, 2.24) is 0 Å². The second-order valence-electron chi connectivity index (χ2n) is 0.958. The molecule has 0 heterocycles. The third-order valence-electron chi connectivity index (χ3n) is 0. The molecule has 56 valence electrons. The maximum atomic E-state index is 9.87. The predicted octanol–water partition coefficient (Wildman–Crippen LogP) is -2.50. The number of hydrogen-bond donors (Lipinski definition) is 0. The first kappa shape index (κ1) is 16.3. The molecule has 0 aliphatic rings. The van der Waals surface area contributed by atoms with Crippen molar-refractivity contribution in [3.05, 3.63) is 0 Å². The molecule has 0 rings (SSSR count). The molecule has 0 nitrogen and oxygen atoms in total. The van der Waals surface area contributed by atoms with Gasteiger partial charge in [0.05, 0.1) is 0 Å². The minimum atomic E-state index is -10.7. The first-order chi connectivity index (χ1) is 2.45. The standard InChI is InChI=1S/F6P.FH.Li/c1-7(2,3,4,5)6;;/h;1H;/q-1;;+1. The predicted molar refractivity (Wildman–Crippen MR) is 14.7 cm³/mol. The molecular formula is HF7LiP. The monoisotopic (exact) mass is 172 g/mol. The van der Waals surface area contributed by atoms with Gasteiger partial charge in [0, 0.05) is 0 Å². The fourth-order valence-electron chi connectivity index (χ4n) is 0. The van der Waals surface area contributed by atoms with E-state index in [2.05, 4.69) is 0 Å². The Hall–Kier alpha value is 0.537. The van der Waals surface area contributed by atoms with Gasteiger partial charge in [0.25, 0.3) is 0 Å². The van der Waals surface area contributed by atoms with Crippen LogP contribution in [0, 0.1) is 0 Å². The Balaban J connectivity index is -0.0000000600. The molecule has 0 aromatic rings. The van der Waals surface area contributed by atoms with Gasteiger partial charge >= 0.3 is 53.3 Å². The molecule has 9 heteroatoms. The van der Waals surface area contributed by atoms with E-state index in [-0.39, 0.29) is 25.0 Å². The van der Waals surface area contributed by atoms with Crippen molar-refractivity contribution >= 4 is 7.81 Å². The van der Waals surface area contributed by atoms with E-state index in [1.165, 1.54) is 0 Å². The molecule has 0 bridgehead atoms. The van der Waals surface area contributed by atoms with E-state index in [4.69, 9.17) is 0 Å². The van der Waals surface area contributed by atoms with Gasteiger partial charge in [-0.05, 0) is 0 Å². The third kappa shape index (κ3) is 1260. The first-order valence-corrected chi connectivity index (χ1v) is 3.04. The molecule has 9 heavy (non-hydrogen) atoms. The molecule has 0 N–H and O–H groups in total. The minimum Gasteiger partial charge on any atom is -1.00 e. The summed E-state index contributed by atoms with van der Waals surface area (Å²) in [6, 6.07) is 0. The Morgan fingerprint density at radius 3 is 0.778 bits per heavy atom. The fraction of sp³-hybridized carbons (Fsp3) is 0. The maximum absolute atomic E-state index is 10.7. The van der Waals surface area contributed by atoms with Gasteiger partial charge in [0.1, 0.15) is 0 Å². The molecule has 0 saturated carbocycles. The second kappa shape index (κ2) is 2.01. The quantitative estimate of drug-likeness (QED) is 0.215. The van der Waals surface area contributed by atoms with E-state index in [0.29, 0.717) is 0 Å². The van der Waals surface area contributed by atoms with Crippen molar-refractivity contribution < 1.29 is 50.2 Å². The molecule has 0 amide bonds. The number of rotatable bonds is 0. The van der Waals surface area contributed by atoms with Crippen LogP contribution >= 0.6 is 7.81 Å². The van der Waals surface area contributed by atoms with Crippen molar-refractivity contribution in [2.24, 2.45) is 0 Å². The van der Waals surface area contributed by atoms with Gasteiger partial charge < -0.3 is 4.70 Å². The molecule has 0 aliphatic heterocycles. The molecule has 0 saturated heterocycles. The van der Waals surface area contributed by atoms with Crippen molar-refractivity contribution in [2.75, 3.05) is 0 Å². The van der Waals surface area contributed by atoms with Crippen LogP contribution in [0.3, 0.4) is 0 Å². The van der Waals surface area contributed by atoms with E-state index in [0.717, 1.165) is 0 Å². The molecule has 0 unspecified atom stereocenters. The first-order valence-electron chi connectivity index (χ1n) is 1.01. The molecule has 0 aliphatic carbocycles. The van der Waals surface area contributed by atoms with E-state index in [1.807, 2.05) is 0 Å². The Bertz CT molecular complexity index is 72.2. The largest absolute Gasteiger partial charge is 1.00 e. The normalized spacial score (nSPS) is 18.0. The summed E-state index contributed by atoms with van der Waals surface area (Å²) in [4.78, 5) is 0. The smallest absolute Gasteiger partial charge is 1.00 e. The van der Waals surface area contributed by atoms with Gasteiger partial charge in [0.2, 0.25) is 0 Å². The van der Waals surface area contributed by atoms with Crippen LogP contribution in [0.4, 0.5) is 25.2 Å². The Morgan fingerprint density at radius 2 is 0.778 bits per heavy atom. The average molecular weight is 172 g/mol. The summed E-state index contributed by atoms with van der Waals surface area (Å²) in [6.45, 7) is 0. The van der Waals surface area contributed by atoms with Gasteiger partial charge in [-0.15, -0.1) is 0 Å². The topological polar surface area (TPSA) is 0 Å². The molecule has 0 aromatic heterocycles. The summed E-state index contributed by atoms with van der Waals surface area (Å²) in [5.41, 5.74) is 0. The number of halogens is 7. The van der Waals surface area contributed by atoms with Crippen molar-refractivity contribution in [1.29, 1.82) is 0 Å². The van der Waals surface area contributed by atoms with Crippen LogP contribution in [0.25, 0.3) is 0 Å². The van der Waals surface area contributed by atoms with Crippen LogP contribution < -0.4 is 23.6 Å². The van der Waals surface area contributed by atoms with Crippen LogP contribution in [0.15, 0.2) is 0 Å². The van der Waals surface area contributed by atoms with Gasteiger partial charge in [-0.3, -0.25) is 0 Å². The van der Waals surface area contributed by atoms with Crippen LogP contribution in [0.2, 0.25) is 0 Å². The summed E-state index contributed by atoms with van der Waals surface area (Å²) in [5.74, 6) is 0. The summed E-state index contributed by atoms with van der Waals surface area (Å²) in [6.07, 6.45) is 0. The SMILES string of the molecule is F[P-](F)(F)(F)(F)F.[F-].[H+].[Li+]. The van der Waals surface area contributed by atoms with Crippen LogP contribution in [0.1, 0.15) is 1.43 Å². The van der Waals surface area contributed by atoms with Gasteiger partial charge in [-0.1, -0.05) is 0 Å². The molecule has 0 radical (unpaired) electrons. The number of hydrogen-bond acceptors (Lipinski definition) is 0. The molecule has 0 atom stereocenters. The summed E-state index contributed by atoms with van der Waals surface area (Å²) in [7, 11) is -10.7. The molecule has 0 fully saturated rings. The summed E-state index contributed by atoms with van der Waals surface area (Å²) in [5, 5.41) is 0. The van der Waals surface area contributed by atoms with Crippen LogP contribution in [-0.4, -0.2) is 0 Å². The maximum Gasteiger partial charge on any atom is 1.00 e. The second-order valence-corrected chi connectivity index (χ2v) is 2.87. The van der Waals surface area contributed by atoms with Crippen LogP contribution in [0.5, 0.6) is 0 Å². The zero-order valence-electron chi connectivity index (χ0n) is 5.09. The molecular weight excluding hydrogens is 171 g/mol. The zero-order chi connectivity index (χ0) is 6.41. The van der Waals surface area contributed by atoms with E-state index in [9.17, 15) is 25.2 Å². The Kier molecular flexibility index (Phi) is 3.63. The van der Waals surface area contributed by atoms with Crippen molar-refractivity contribution in [3.63, 3.8) is 0 Å². The summed E-state index contributed by atoms with van der Waals surface area (Å²) < 4.78 is 59.2. The Labute approximate surface area is 58.9 Å². The zero-order valence-corrected chi connectivity index (χ0v) is 4.99. The van der Waals surface area contributed by atoms with Gasteiger partial charge in [-0.25, -0.2) is 0 Å². The fourth-order valence-corrected chi connectivity index (χ4v) is 0. The van der Waals surface area contributed by atoms with E-state index >= 15 is 0 Å². The van der Waals surface area contributed by atoms with E-state index in [1.54, 1.807) is 0 Å². The molecule has 0 aromatic carbocycles. The minimum absolute atomic E-state index is 0. The van der Waals surface area contributed by atoms with Gasteiger partial charge in [0.15, 0.2) is 0 Å². The summed E-state index contributed by atoms with van der Waals surface area (Å²) >= 11 is 0. The molecule has 0 spiro atoms. The van der Waals surface area contributed by atoms with Crippen molar-refractivity contribution in [3.8, 4) is 0 Å².